The SMILES string of the molecule is COc1csc(C(=O)N2CCCC2CCCCl)c1. The molecular formula is C13H18ClNO2S. The highest BCUT2D eigenvalue weighted by Crippen LogP contribution is 2.28. The molecule has 1 aliphatic rings. The second-order valence-corrected chi connectivity index (χ2v) is 5.77. The number of carbonyl (C=O) groups is 1. The fraction of sp³-hybridized carbons (Fsp3) is 0.615. The Bertz CT molecular complexity index is 407. The predicted molar refractivity (Wildman–Crippen MR) is 74.9 cm³/mol. The van der Waals surface area contributed by atoms with Crippen molar-refractivity contribution in [1.82, 2.24) is 4.90 Å². The first-order chi connectivity index (χ1) is 8.76. The van der Waals surface area contributed by atoms with Gasteiger partial charge in [0.15, 0.2) is 0 Å². The van der Waals surface area contributed by atoms with Gasteiger partial charge in [0.25, 0.3) is 5.91 Å². The van der Waals surface area contributed by atoms with E-state index in [1.54, 1.807) is 7.11 Å². The molecule has 5 heteroatoms. The van der Waals surface area contributed by atoms with Crippen LogP contribution in [-0.2, 0) is 0 Å². The molecule has 1 saturated heterocycles. The molecule has 0 bridgehead atoms. The van der Waals surface area contributed by atoms with Crippen LogP contribution in [0.15, 0.2) is 11.4 Å². The summed E-state index contributed by atoms with van der Waals surface area (Å²) in [4.78, 5) is 15.2. The summed E-state index contributed by atoms with van der Waals surface area (Å²) >= 11 is 7.18. The maximum atomic E-state index is 12.4. The molecule has 0 saturated carbocycles. The first kappa shape index (κ1) is 13.7. The van der Waals surface area contributed by atoms with E-state index in [0.29, 0.717) is 11.9 Å². The number of ether oxygens (including phenoxy) is 1. The molecule has 1 unspecified atom stereocenters. The van der Waals surface area contributed by atoms with Gasteiger partial charge in [-0.3, -0.25) is 4.79 Å². The largest absolute Gasteiger partial charge is 0.496 e. The number of alkyl halides is 1. The van der Waals surface area contributed by atoms with Gasteiger partial charge in [-0.2, -0.15) is 0 Å². The topological polar surface area (TPSA) is 29.5 Å². The van der Waals surface area contributed by atoms with Crippen LogP contribution in [0, 0.1) is 0 Å². The molecule has 1 aromatic heterocycles. The third-order valence-electron chi connectivity index (χ3n) is 3.33. The van der Waals surface area contributed by atoms with Crippen molar-refractivity contribution in [2.75, 3.05) is 19.5 Å². The molecule has 3 nitrogen and oxygen atoms in total. The van der Waals surface area contributed by atoms with Crippen molar-refractivity contribution in [3.63, 3.8) is 0 Å². The van der Waals surface area contributed by atoms with Gasteiger partial charge < -0.3 is 9.64 Å². The van der Waals surface area contributed by atoms with Crippen molar-refractivity contribution in [2.45, 2.75) is 31.7 Å². The Labute approximate surface area is 117 Å². The van der Waals surface area contributed by atoms with Gasteiger partial charge >= 0.3 is 0 Å². The fourth-order valence-corrected chi connectivity index (χ4v) is 3.36. The van der Waals surface area contributed by atoms with E-state index in [0.717, 1.165) is 42.9 Å². The number of amides is 1. The zero-order valence-corrected chi connectivity index (χ0v) is 12.1. The average Bonchev–Trinajstić information content (AvgIpc) is 3.04. The fourth-order valence-electron chi connectivity index (χ4n) is 2.40. The second-order valence-electron chi connectivity index (χ2n) is 4.48. The van der Waals surface area contributed by atoms with Crippen LogP contribution in [0.4, 0.5) is 0 Å². The zero-order valence-electron chi connectivity index (χ0n) is 10.5. The summed E-state index contributed by atoms with van der Waals surface area (Å²) in [7, 11) is 1.62. The zero-order chi connectivity index (χ0) is 13.0. The molecule has 0 N–H and O–H groups in total. The number of rotatable bonds is 5. The third kappa shape index (κ3) is 2.98. The number of methoxy groups -OCH3 is 1. The molecule has 0 aromatic carbocycles. The summed E-state index contributed by atoms with van der Waals surface area (Å²) < 4.78 is 5.12. The minimum Gasteiger partial charge on any atom is -0.496 e. The van der Waals surface area contributed by atoms with Gasteiger partial charge in [-0.15, -0.1) is 22.9 Å². The Morgan fingerprint density at radius 2 is 2.50 bits per heavy atom. The number of carbonyl (C=O) groups excluding carboxylic acids is 1. The lowest BCUT2D eigenvalue weighted by Gasteiger charge is -2.23. The Morgan fingerprint density at radius 1 is 1.67 bits per heavy atom. The van der Waals surface area contributed by atoms with Gasteiger partial charge in [-0.05, 0) is 25.7 Å². The first-order valence-corrected chi connectivity index (χ1v) is 7.67. The van der Waals surface area contributed by atoms with Gasteiger partial charge in [0.1, 0.15) is 5.75 Å². The summed E-state index contributed by atoms with van der Waals surface area (Å²) in [5, 5.41) is 1.87. The standard InChI is InChI=1S/C13H18ClNO2S/c1-17-11-8-12(18-9-11)13(16)15-7-3-5-10(15)4-2-6-14/h8-10H,2-7H2,1H3. The average molecular weight is 288 g/mol. The summed E-state index contributed by atoms with van der Waals surface area (Å²) in [5.74, 6) is 1.57. The van der Waals surface area contributed by atoms with E-state index >= 15 is 0 Å². The first-order valence-electron chi connectivity index (χ1n) is 6.25. The van der Waals surface area contributed by atoms with Crippen LogP contribution in [0.3, 0.4) is 0 Å². The Kier molecular flexibility index (Phi) is 4.89. The highest BCUT2D eigenvalue weighted by molar-refractivity contribution is 7.12. The molecule has 1 aromatic rings. The van der Waals surface area contributed by atoms with E-state index in [4.69, 9.17) is 16.3 Å². The van der Waals surface area contributed by atoms with Crippen LogP contribution in [0.1, 0.15) is 35.4 Å². The molecule has 2 rings (SSSR count). The molecule has 1 fully saturated rings. The van der Waals surface area contributed by atoms with Crippen molar-refractivity contribution in [3.05, 3.63) is 16.3 Å². The summed E-state index contributed by atoms with van der Waals surface area (Å²) in [6.07, 6.45) is 4.19. The van der Waals surface area contributed by atoms with Crippen LogP contribution >= 0.6 is 22.9 Å². The molecule has 0 spiro atoms. The summed E-state index contributed by atoms with van der Waals surface area (Å²) in [5.41, 5.74) is 0. The number of nitrogens with zero attached hydrogens (tertiary/aromatic N) is 1. The summed E-state index contributed by atoms with van der Waals surface area (Å²) in [6, 6.07) is 2.19. The van der Waals surface area contributed by atoms with E-state index in [-0.39, 0.29) is 5.91 Å². The van der Waals surface area contributed by atoms with E-state index in [9.17, 15) is 4.79 Å². The van der Waals surface area contributed by atoms with Crippen molar-refractivity contribution < 1.29 is 9.53 Å². The van der Waals surface area contributed by atoms with Gasteiger partial charge in [0, 0.05) is 29.9 Å². The van der Waals surface area contributed by atoms with E-state index in [2.05, 4.69) is 0 Å². The number of hydrogen-bond acceptors (Lipinski definition) is 3. The lowest BCUT2D eigenvalue weighted by atomic mass is 10.1. The normalized spacial score (nSPS) is 19.2. The maximum Gasteiger partial charge on any atom is 0.264 e. The highest BCUT2D eigenvalue weighted by atomic mass is 35.5. The second kappa shape index (κ2) is 6.43. The quantitative estimate of drug-likeness (QED) is 0.777. The van der Waals surface area contributed by atoms with Crippen LogP contribution in [-0.4, -0.2) is 36.4 Å². The molecule has 18 heavy (non-hydrogen) atoms. The number of thiophene rings is 1. The molecule has 100 valence electrons. The van der Waals surface area contributed by atoms with Crippen molar-refractivity contribution in [2.24, 2.45) is 0 Å². The lowest BCUT2D eigenvalue weighted by molar-refractivity contribution is 0.0735. The van der Waals surface area contributed by atoms with Crippen LogP contribution in [0.25, 0.3) is 0 Å². The predicted octanol–water partition coefficient (Wildman–Crippen LogP) is 3.38. The number of likely N-dealkylation sites (tertiary alicyclic amines) is 1. The van der Waals surface area contributed by atoms with Crippen molar-refractivity contribution in [1.29, 1.82) is 0 Å². The molecule has 1 aliphatic heterocycles. The highest BCUT2D eigenvalue weighted by Gasteiger charge is 2.29. The van der Waals surface area contributed by atoms with E-state index in [1.807, 2.05) is 16.3 Å². The number of hydrogen-bond donors (Lipinski definition) is 0. The minimum absolute atomic E-state index is 0.139. The van der Waals surface area contributed by atoms with Gasteiger partial charge in [-0.25, -0.2) is 0 Å². The third-order valence-corrected chi connectivity index (χ3v) is 4.49. The van der Waals surface area contributed by atoms with Crippen molar-refractivity contribution >= 4 is 28.8 Å². The maximum absolute atomic E-state index is 12.4. The van der Waals surface area contributed by atoms with Gasteiger partial charge in [0.05, 0.1) is 12.0 Å². The Hall–Kier alpha value is -0.740. The molecular weight excluding hydrogens is 270 g/mol. The minimum atomic E-state index is 0.139. The van der Waals surface area contributed by atoms with Gasteiger partial charge in [-0.1, -0.05) is 0 Å². The Balaban J connectivity index is 2.02. The summed E-state index contributed by atoms with van der Waals surface area (Å²) in [6.45, 7) is 0.867. The Morgan fingerprint density at radius 3 is 3.17 bits per heavy atom. The van der Waals surface area contributed by atoms with E-state index in [1.165, 1.54) is 11.3 Å². The van der Waals surface area contributed by atoms with Crippen LogP contribution < -0.4 is 4.74 Å². The van der Waals surface area contributed by atoms with Gasteiger partial charge in [0.2, 0.25) is 0 Å². The monoisotopic (exact) mass is 287 g/mol. The number of halogens is 1. The molecule has 0 aliphatic carbocycles. The molecule has 1 atom stereocenters. The van der Waals surface area contributed by atoms with Crippen molar-refractivity contribution in [3.8, 4) is 5.75 Å². The molecule has 2 heterocycles. The smallest absolute Gasteiger partial charge is 0.264 e. The van der Waals surface area contributed by atoms with E-state index < -0.39 is 0 Å². The molecule has 1 amide bonds. The lowest BCUT2D eigenvalue weighted by Crippen LogP contribution is -2.35. The van der Waals surface area contributed by atoms with Crippen LogP contribution in [0.2, 0.25) is 0 Å². The van der Waals surface area contributed by atoms with Crippen LogP contribution in [0.5, 0.6) is 5.75 Å². The molecule has 0 radical (unpaired) electrons.